The highest BCUT2D eigenvalue weighted by Gasteiger charge is 2.03. The molecule has 2 rings (SSSR count). The van der Waals surface area contributed by atoms with Crippen LogP contribution in [0, 0.1) is 0 Å². The topological polar surface area (TPSA) is 79.1 Å². The molecule has 0 fully saturated rings. The number of aromatic amines is 1. The molecule has 0 saturated heterocycles. The van der Waals surface area contributed by atoms with Crippen LogP contribution in [0.4, 0.5) is 0 Å². The fraction of sp³-hybridized carbons (Fsp3) is 0. The summed E-state index contributed by atoms with van der Waals surface area (Å²) in [6, 6.07) is 6.36. The Kier molecular flexibility index (Phi) is 1.63. The van der Waals surface area contributed by atoms with Gasteiger partial charge >= 0.3 is 5.76 Å². The molecule has 1 heterocycles. The van der Waals surface area contributed by atoms with Gasteiger partial charge < -0.3 is 5.11 Å². The normalized spacial score (nSPS) is 10.2. The van der Waals surface area contributed by atoms with Gasteiger partial charge in [-0.2, -0.15) is 0 Å². The second-order valence-corrected chi connectivity index (χ2v) is 2.49. The van der Waals surface area contributed by atoms with E-state index in [0.29, 0.717) is 11.4 Å². The Morgan fingerprint density at radius 3 is 2.92 bits per heavy atom. The number of aromatic nitrogens is 2. The molecule has 0 aliphatic carbocycles. The molecule has 0 aliphatic heterocycles. The molecule has 0 unspecified atom stereocenters. The average Bonchev–Trinajstić information content (AvgIpc) is 2.52. The third kappa shape index (κ3) is 1.44. The smallest absolute Gasteiger partial charge is 0.439 e. The zero-order chi connectivity index (χ0) is 9.26. The maximum Gasteiger partial charge on any atom is 0.439 e. The lowest BCUT2D eigenvalue weighted by atomic mass is 10.2. The maximum atomic E-state index is 10.6. The first kappa shape index (κ1) is 7.60. The Balaban J connectivity index is 2.52. The van der Waals surface area contributed by atoms with E-state index < -0.39 is 5.76 Å². The molecule has 13 heavy (non-hydrogen) atoms. The number of rotatable bonds is 1. The predicted octanol–water partition coefficient (Wildman–Crippen LogP) is 0.736. The van der Waals surface area contributed by atoms with E-state index in [2.05, 4.69) is 14.7 Å². The van der Waals surface area contributed by atoms with Crippen LogP contribution in [0.15, 0.2) is 33.6 Å². The molecular weight excluding hydrogens is 172 g/mol. The number of nitrogens with zero attached hydrogens (tertiary/aromatic N) is 1. The van der Waals surface area contributed by atoms with Crippen molar-refractivity contribution in [2.24, 2.45) is 0 Å². The van der Waals surface area contributed by atoms with Crippen molar-refractivity contribution in [3.63, 3.8) is 0 Å². The summed E-state index contributed by atoms with van der Waals surface area (Å²) in [4.78, 5) is 13.0. The summed E-state index contributed by atoms with van der Waals surface area (Å²) in [7, 11) is 0. The van der Waals surface area contributed by atoms with Crippen molar-refractivity contribution in [1.29, 1.82) is 0 Å². The Labute approximate surface area is 72.6 Å². The van der Waals surface area contributed by atoms with Crippen molar-refractivity contribution in [3.05, 3.63) is 34.8 Å². The van der Waals surface area contributed by atoms with E-state index in [1.54, 1.807) is 12.1 Å². The highest BCUT2D eigenvalue weighted by atomic mass is 16.5. The fourth-order valence-electron chi connectivity index (χ4n) is 1.01. The second-order valence-electron chi connectivity index (χ2n) is 2.49. The van der Waals surface area contributed by atoms with Crippen LogP contribution in [0.2, 0.25) is 0 Å². The number of aromatic hydroxyl groups is 1. The molecule has 5 nitrogen and oxygen atoms in total. The number of H-pyrrole nitrogens is 1. The van der Waals surface area contributed by atoms with Gasteiger partial charge in [0.15, 0.2) is 5.82 Å². The standard InChI is InChI=1S/C8H6N2O3/c11-6-3-1-2-5(4-6)7-9-8(12)13-10-7/h1-4,11H,(H,9,10,12). The Morgan fingerprint density at radius 2 is 2.31 bits per heavy atom. The van der Waals surface area contributed by atoms with Crippen LogP contribution < -0.4 is 5.76 Å². The van der Waals surface area contributed by atoms with E-state index in [9.17, 15) is 4.79 Å². The van der Waals surface area contributed by atoms with Gasteiger partial charge in [0.2, 0.25) is 0 Å². The Hall–Kier alpha value is -2.04. The van der Waals surface area contributed by atoms with Crippen LogP contribution in [0.3, 0.4) is 0 Å². The van der Waals surface area contributed by atoms with Crippen LogP contribution >= 0.6 is 0 Å². The number of phenols is 1. The van der Waals surface area contributed by atoms with Crippen molar-refractivity contribution in [2.45, 2.75) is 0 Å². The lowest BCUT2D eigenvalue weighted by molar-refractivity contribution is 0.388. The monoisotopic (exact) mass is 178 g/mol. The molecule has 0 spiro atoms. The molecule has 0 amide bonds. The highest BCUT2D eigenvalue weighted by Crippen LogP contribution is 2.18. The van der Waals surface area contributed by atoms with Gasteiger partial charge in [0.25, 0.3) is 0 Å². The van der Waals surface area contributed by atoms with Gasteiger partial charge in [-0.25, -0.2) is 4.79 Å². The van der Waals surface area contributed by atoms with Crippen molar-refractivity contribution in [3.8, 4) is 17.1 Å². The van der Waals surface area contributed by atoms with Crippen LogP contribution in [-0.2, 0) is 0 Å². The summed E-state index contributed by atoms with van der Waals surface area (Å²) < 4.78 is 4.32. The third-order valence-corrected chi connectivity index (χ3v) is 1.56. The minimum Gasteiger partial charge on any atom is -0.508 e. The average molecular weight is 178 g/mol. The maximum absolute atomic E-state index is 10.6. The van der Waals surface area contributed by atoms with E-state index in [0.717, 1.165) is 0 Å². The molecule has 2 N–H and O–H groups in total. The van der Waals surface area contributed by atoms with Gasteiger partial charge in [-0.1, -0.05) is 17.3 Å². The third-order valence-electron chi connectivity index (χ3n) is 1.56. The van der Waals surface area contributed by atoms with Gasteiger partial charge in [-0.15, -0.1) is 0 Å². The summed E-state index contributed by atoms with van der Waals surface area (Å²) in [6.45, 7) is 0. The first-order valence-corrected chi connectivity index (χ1v) is 3.61. The van der Waals surface area contributed by atoms with E-state index in [4.69, 9.17) is 5.11 Å². The summed E-state index contributed by atoms with van der Waals surface area (Å²) in [6.07, 6.45) is 0. The van der Waals surface area contributed by atoms with Crippen LogP contribution in [-0.4, -0.2) is 15.2 Å². The van der Waals surface area contributed by atoms with Gasteiger partial charge in [-0.05, 0) is 12.1 Å². The molecule has 66 valence electrons. The highest BCUT2D eigenvalue weighted by molar-refractivity contribution is 5.56. The van der Waals surface area contributed by atoms with Crippen molar-refractivity contribution < 1.29 is 9.63 Å². The fourth-order valence-corrected chi connectivity index (χ4v) is 1.01. The number of phenolic OH excluding ortho intramolecular Hbond substituents is 1. The minimum atomic E-state index is -0.613. The molecule has 1 aromatic carbocycles. The van der Waals surface area contributed by atoms with E-state index >= 15 is 0 Å². The van der Waals surface area contributed by atoms with Gasteiger partial charge in [-0.3, -0.25) is 9.51 Å². The van der Waals surface area contributed by atoms with Crippen LogP contribution in [0.1, 0.15) is 0 Å². The summed E-state index contributed by atoms with van der Waals surface area (Å²) in [5.74, 6) is -0.194. The molecule has 2 aromatic rings. The van der Waals surface area contributed by atoms with Gasteiger partial charge in [0.1, 0.15) is 5.75 Å². The Bertz CT molecular complexity index is 472. The van der Waals surface area contributed by atoms with E-state index in [-0.39, 0.29) is 5.75 Å². The predicted molar refractivity (Wildman–Crippen MR) is 44.2 cm³/mol. The number of hydrogen-bond donors (Lipinski definition) is 2. The molecule has 0 bridgehead atoms. The van der Waals surface area contributed by atoms with Crippen LogP contribution in [0.25, 0.3) is 11.4 Å². The zero-order valence-electron chi connectivity index (χ0n) is 6.52. The molecule has 0 atom stereocenters. The number of hydrogen-bond acceptors (Lipinski definition) is 4. The van der Waals surface area contributed by atoms with E-state index in [1.807, 2.05) is 0 Å². The van der Waals surface area contributed by atoms with Gasteiger partial charge in [0.05, 0.1) is 0 Å². The molecular formula is C8H6N2O3. The van der Waals surface area contributed by atoms with Gasteiger partial charge in [0, 0.05) is 5.56 Å². The first-order valence-electron chi connectivity index (χ1n) is 3.61. The molecule has 5 heteroatoms. The quantitative estimate of drug-likeness (QED) is 0.674. The lowest BCUT2D eigenvalue weighted by Gasteiger charge is -1.94. The van der Waals surface area contributed by atoms with Crippen molar-refractivity contribution in [2.75, 3.05) is 0 Å². The summed E-state index contributed by atoms with van der Waals surface area (Å²) in [5.41, 5.74) is 0.603. The summed E-state index contributed by atoms with van der Waals surface area (Å²) in [5, 5.41) is 12.6. The zero-order valence-corrected chi connectivity index (χ0v) is 6.52. The minimum absolute atomic E-state index is 0.112. The van der Waals surface area contributed by atoms with Crippen molar-refractivity contribution in [1.82, 2.24) is 10.1 Å². The molecule has 1 aromatic heterocycles. The Morgan fingerprint density at radius 1 is 1.46 bits per heavy atom. The number of nitrogens with one attached hydrogen (secondary N) is 1. The molecule has 0 radical (unpaired) electrons. The molecule has 0 saturated carbocycles. The van der Waals surface area contributed by atoms with Crippen molar-refractivity contribution >= 4 is 0 Å². The SMILES string of the molecule is O=c1[nH]c(-c2cccc(O)c2)no1. The largest absolute Gasteiger partial charge is 0.508 e. The second kappa shape index (κ2) is 2.78. The molecule has 0 aliphatic rings. The number of benzene rings is 1. The van der Waals surface area contributed by atoms with E-state index in [1.165, 1.54) is 12.1 Å². The first-order chi connectivity index (χ1) is 6.25. The summed E-state index contributed by atoms with van der Waals surface area (Å²) >= 11 is 0. The lowest BCUT2D eigenvalue weighted by Crippen LogP contribution is -1.94. The van der Waals surface area contributed by atoms with Crippen LogP contribution in [0.5, 0.6) is 5.75 Å².